The Hall–Kier alpha value is -1.39. The predicted octanol–water partition coefficient (Wildman–Crippen LogP) is 1.55. The summed E-state index contributed by atoms with van der Waals surface area (Å²) in [5.74, 6) is -0.148. The molecule has 4 nitrogen and oxygen atoms in total. The zero-order chi connectivity index (χ0) is 12.7. The van der Waals surface area contributed by atoms with Gasteiger partial charge in [-0.05, 0) is 30.5 Å². The summed E-state index contributed by atoms with van der Waals surface area (Å²) in [5.41, 5.74) is 7.84. The molecule has 1 aromatic rings. The predicted molar refractivity (Wildman–Crippen MR) is 68.9 cm³/mol. The molecule has 0 radical (unpaired) electrons. The molecule has 1 aromatic carbocycles. The number of anilines is 1. The summed E-state index contributed by atoms with van der Waals surface area (Å²) in [6, 6.07) is 7.93. The molecule has 1 atom stereocenters. The van der Waals surface area contributed by atoms with Crippen LogP contribution in [-0.4, -0.2) is 25.7 Å². The van der Waals surface area contributed by atoms with Gasteiger partial charge >= 0.3 is 0 Å². The van der Waals surface area contributed by atoms with E-state index in [4.69, 9.17) is 10.5 Å². The van der Waals surface area contributed by atoms with Crippen molar-refractivity contribution in [2.24, 2.45) is 5.73 Å². The minimum absolute atomic E-state index is 0.0719. The quantitative estimate of drug-likeness (QED) is 0.787. The number of nitrogens with two attached hydrogens (primary N) is 1. The number of methoxy groups -OCH3 is 1. The lowest BCUT2D eigenvalue weighted by atomic mass is 10.0. The summed E-state index contributed by atoms with van der Waals surface area (Å²) in [6.07, 6.45) is 1.83. The van der Waals surface area contributed by atoms with E-state index in [1.54, 1.807) is 0 Å². The van der Waals surface area contributed by atoms with Crippen LogP contribution in [0.5, 0.6) is 0 Å². The highest BCUT2D eigenvalue weighted by Crippen LogP contribution is 2.11. The third-order valence-corrected chi connectivity index (χ3v) is 2.54. The molecule has 0 bridgehead atoms. The summed E-state index contributed by atoms with van der Waals surface area (Å²) in [6.45, 7) is 2.15. The molecule has 1 rings (SSSR count). The summed E-state index contributed by atoms with van der Waals surface area (Å²) >= 11 is 0. The summed E-state index contributed by atoms with van der Waals surface area (Å²) in [5, 5.41) is 2.74. The number of benzene rings is 1. The van der Waals surface area contributed by atoms with Gasteiger partial charge in [-0.1, -0.05) is 19.1 Å². The van der Waals surface area contributed by atoms with Crippen molar-refractivity contribution in [2.75, 3.05) is 19.0 Å². The number of nitrogens with one attached hydrogen (secondary N) is 1. The molecule has 4 heteroatoms. The maximum absolute atomic E-state index is 11.3. The Bertz CT molecular complexity index is 349. The van der Waals surface area contributed by atoms with Gasteiger partial charge < -0.3 is 15.8 Å². The highest BCUT2D eigenvalue weighted by molar-refractivity contribution is 5.91. The molecule has 94 valence electrons. The molecule has 1 unspecified atom stereocenters. The third-order valence-electron chi connectivity index (χ3n) is 2.54. The van der Waals surface area contributed by atoms with Crippen molar-refractivity contribution >= 4 is 11.6 Å². The van der Waals surface area contributed by atoms with Crippen LogP contribution in [0.15, 0.2) is 24.3 Å². The Kier molecular flexibility index (Phi) is 5.66. The van der Waals surface area contributed by atoms with Crippen LogP contribution in [0.4, 0.5) is 5.69 Å². The summed E-state index contributed by atoms with van der Waals surface area (Å²) < 4.78 is 4.74. The molecule has 3 N–H and O–H groups in total. The molecular weight excluding hydrogens is 216 g/mol. The van der Waals surface area contributed by atoms with E-state index in [9.17, 15) is 4.79 Å². The molecule has 0 fully saturated rings. The normalized spacial score (nSPS) is 12.2. The van der Waals surface area contributed by atoms with Gasteiger partial charge in [-0.25, -0.2) is 0 Å². The lowest BCUT2D eigenvalue weighted by Crippen LogP contribution is -2.21. The zero-order valence-corrected chi connectivity index (χ0v) is 10.4. The second kappa shape index (κ2) is 7.04. The molecule has 0 aromatic heterocycles. The van der Waals surface area contributed by atoms with Crippen LogP contribution >= 0.6 is 0 Å². The zero-order valence-electron chi connectivity index (χ0n) is 10.4. The second-order valence-corrected chi connectivity index (χ2v) is 4.05. The number of carbonyl (C=O) groups is 1. The van der Waals surface area contributed by atoms with Crippen LogP contribution < -0.4 is 11.1 Å². The van der Waals surface area contributed by atoms with Crippen molar-refractivity contribution < 1.29 is 9.53 Å². The van der Waals surface area contributed by atoms with Crippen LogP contribution in [-0.2, 0) is 16.0 Å². The van der Waals surface area contributed by atoms with Crippen molar-refractivity contribution in [1.29, 1.82) is 0 Å². The molecular formula is C13H20N2O2. The van der Waals surface area contributed by atoms with Gasteiger partial charge in [0, 0.05) is 18.8 Å². The van der Waals surface area contributed by atoms with Crippen LogP contribution in [0, 0.1) is 0 Å². The van der Waals surface area contributed by atoms with Crippen LogP contribution in [0.3, 0.4) is 0 Å². The number of hydrogen-bond acceptors (Lipinski definition) is 3. The van der Waals surface area contributed by atoms with Gasteiger partial charge in [0.05, 0.1) is 0 Å². The average molecular weight is 236 g/mol. The van der Waals surface area contributed by atoms with Gasteiger partial charge in [0.1, 0.15) is 6.61 Å². The first-order valence-corrected chi connectivity index (χ1v) is 5.79. The Balaban J connectivity index is 2.52. The first-order valence-electron chi connectivity index (χ1n) is 5.79. The summed E-state index contributed by atoms with van der Waals surface area (Å²) in [4.78, 5) is 11.3. The Labute approximate surface area is 102 Å². The Morgan fingerprint density at radius 2 is 2.06 bits per heavy atom. The molecule has 0 aliphatic heterocycles. The van der Waals surface area contributed by atoms with E-state index in [0.29, 0.717) is 0 Å². The number of carbonyl (C=O) groups excluding carboxylic acids is 1. The van der Waals surface area contributed by atoms with Crippen molar-refractivity contribution in [3.05, 3.63) is 29.8 Å². The Morgan fingerprint density at radius 1 is 1.41 bits per heavy atom. The van der Waals surface area contributed by atoms with E-state index in [0.717, 1.165) is 18.5 Å². The second-order valence-electron chi connectivity index (χ2n) is 4.05. The standard InChI is InChI=1S/C13H20N2O2/c1-3-11(14)8-10-4-6-12(7-5-10)15-13(16)9-17-2/h4-7,11H,3,8-9,14H2,1-2H3,(H,15,16). The fourth-order valence-electron chi connectivity index (χ4n) is 1.50. The molecule has 0 aliphatic rings. The topological polar surface area (TPSA) is 64.3 Å². The number of amides is 1. The van der Waals surface area contributed by atoms with Gasteiger partial charge in [-0.15, -0.1) is 0 Å². The van der Waals surface area contributed by atoms with Crippen molar-refractivity contribution in [3.8, 4) is 0 Å². The van der Waals surface area contributed by atoms with Crippen LogP contribution in [0.25, 0.3) is 0 Å². The monoisotopic (exact) mass is 236 g/mol. The van der Waals surface area contributed by atoms with E-state index in [1.165, 1.54) is 12.7 Å². The highest BCUT2D eigenvalue weighted by atomic mass is 16.5. The lowest BCUT2D eigenvalue weighted by molar-refractivity contribution is -0.119. The van der Waals surface area contributed by atoms with Gasteiger partial charge in [0.25, 0.3) is 0 Å². The molecule has 0 aliphatic carbocycles. The van der Waals surface area contributed by atoms with E-state index in [2.05, 4.69) is 12.2 Å². The van der Waals surface area contributed by atoms with Crippen LogP contribution in [0.2, 0.25) is 0 Å². The highest BCUT2D eigenvalue weighted by Gasteiger charge is 2.03. The van der Waals surface area contributed by atoms with Crippen molar-refractivity contribution in [3.63, 3.8) is 0 Å². The number of ether oxygens (including phenoxy) is 1. The van der Waals surface area contributed by atoms with Gasteiger partial charge in [-0.3, -0.25) is 4.79 Å². The van der Waals surface area contributed by atoms with E-state index in [1.807, 2.05) is 24.3 Å². The smallest absolute Gasteiger partial charge is 0.250 e. The van der Waals surface area contributed by atoms with Crippen molar-refractivity contribution in [1.82, 2.24) is 0 Å². The molecule has 0 saturated carbocycles. The van der Waals surface area contributed by atoms with Gasteiger partial charge in [0.15, 0.2) is 0 Å². The number of hydrogen-bond donors (Lipinski definition) is 2. The van der Waals surface area contributed by atoms with E-state index in [-0.39, 0.29) is 18.6 Å². The first kappa shape index (κ1) is 13.7. The molecule has 17 heavy (non-hydrogen) atoms. The van der Waals surface area contributed by atoms with E-state index < -0.39 is 0 Å². The third kappa shape index (κ3) is 4.97. The maximum Gasteiger partial charge on any atom is 0.250 e. The van der Waals surface area contributed by atoms with Gasteiger partial charge in [0.2, 0.25) is 5.91 Å². The van der Waals surface area contributed by atoms with Crippen LogP contribution in [0.1, 0.15) is 18.9 Å². The van der Waals surface area contributed by atoms with E-state index >= 15 is 0 Å². The molecule has 1 amide bonds. The minimum Gasteiger partial charge on any atom is -0.375 e. The SMILES string of the molecule is CCC(N)Cc1ccc(NC(=O)COC)cc1. The Morgan fingerprint density at radius 3 is 2.59 bits per heavy atom. The minimum atomic E-state index is -0.148. The van der Waals surface area contributed by atoms with Crippen molar-refractivity contribution in [2.45, 2.75) is 25.8 Å². The summed E-state index contributed by atoms with van der Waals surface area (Å²) in [7, 11) is 1.49. The van der Waals surface area contributed by atoms with Gasteiger partial charge in [-0.2, -0.15) is 0 Å². The average Bonchev–Trinajstić information content (AvgIpc) is 2.32. The molecule has 0 saturated heterocycles. The first-order chi connectivity index (χ1) is 8.15. The maximum atomic E-state index is 11.3. The largest absolute Gasteiger partial charge is 0.375 e. The number of rotatable bonds is 6. The molecule has 0 heterocycles. The molecule has 0 spiro atoms. The fraction of sp³-hybridized carbons (Fsp3) is 0.462. The fourth-order valence-corrected chi connectivity index (χ4v) is 1.50. The lowest BCUT2D eigenvalue weighted by Gasteiger charge is -2.09.